The maximum absolute atomic E-state index is 12.3. The Morgan fingerprint density at radius 1 is 1.24 bits per heavy atom. The van der Waals surface area contributed by atoms with Crippen LogP contribution in [0.1, 0.15) is 52.9 Å². The Labute approximate surface area is 110 Å². The van der Waals surface area contributed by atoms with Crippen molar-refractivity contribution >= 4 is 17.0 Å². The SMILES string of the molecule is CC(C)SC(=O)N1CCCC2CCCC(C)C21. The Bertz CT molecular complexity index is 277. The maximum atomic E-state index is 12.3. The molecule has 1 aliphatic carbocycles. The van der Waals surface area contributed by atoms with E-state index in [1.165, 1.54) is 43.9 Å². The number of hydrogen-bond acceptors (Lipinski definition) is 2. The number of nitrogens with zero attached hydrogens (tertiary/aromatic N) is 1. The minimum atomic E-state index is 0.323. The lowest BCUT2D eigenvalue weighted by Crippen LogP contribution is -2.52. The van der Waals surface area contributed by atoms with E-state index in [1.54, 1.807) is 0 Å². The number of piperidine rings is 1. The highest BCUT2D eigenvalue weighted by Gasteiger charge is 2.39. The molecular formula is C14H25NOS. The molecule has 2 fully saturated rings. The lowest BCUT2D eigenvalue weighted by molar-refractivity contribution is 0.0599. The van der Waals surface area contributed by atoms with Gasteiger partial charge in [-0.3, -0.25) is 4.79 Å². The van der Waals surface area contributed by atoms with Crippen molar-refractivity contribution in [2.75, 3.05) is 6.54 Å². The van der Waals surface area contributed by atoms with Crippen LogP contribution in [0.3, 0.4) is 0 Å². The zero-order valence-corrected chi connectivity index (χ0v) is 12.1. The predicted octanol–water partition coefficient (Wildman–Crippen LogP) is 4.15. The standard InChI is InChI=1S/C14H25NOS/c1-10(2)17-14(16)15-9-5-8-12-7-4-6-11(3)13(12)15/h10-13H,4-9H2,1-3H3. The Morgan fingerprint density at radius 2 is 1.94 bits per heavy atom. The van der Waals surface area contributed by atoms with Gasteiger partial charge < -0.3 is 4.90 Å². The van der Waals surface area contributed by atoms with Gasteiger partial charge >= 0.3 is 0 Å². The molecule has 98 valence electrons. The number of likely N-dealkylation sites (tertiary alicyclic amines) is 1. The Morgan fingerprint density at radius 3 is 2.65 bits per heavy atom. The first-order chi connectivity index (χ1) is 8.09. The number of carbonyl (C=O) groups excluding carboxylic acids is 1. The van der Waals surface area contributed by atoms with Gasteiger partial charge in [0, 0.05) is 17.8 Å². The molecule has 0 N–H and O–H groups in total. The van der Waals surface area contributed by atoms with Crippen molar-refractivity contribution in [1.29, 1.82) is 0 Å². The summed E-state index contributed by atoms with van der Waals surface area (Å²) in [4.78, 5) is 14.5. The van der Waals surface area contributed by atoms with Crippen molar-refractivity contribution in [3.8, 4) is 0 Å². The molecule has 0 radical (unpaired) electrons. The van der Waals surface area contributed by atoms with E-state index in [-0.39, 0.29) is 0 Å². The van der Waals surface area contributed by atoms with Crippen LogP contribution in [-0.4, -0.2) is 28.0 Å². The summed E-state index contributed by atoms with van der Waals surface area (Å²) in [6, 6.07) is 0.538. The monoisotopic (exact) mass is 255 g/mol. The van der Waals surface area contributed by atoms with Crippen molar-refractivity contribution < 1.29 is 4.79 Å². The number of fused-ring (bicyclic) bond motifs is 1. The van der Waals surface area contributed by atoms with Gasteiger partial charge in [-0.15, -0.1) is 0 Å². The van der Waals surface area contributed by atoms with Crippen LogP contribution >= 0.6 is 11.8 Å². The van der Waals surface area contributed by atoms with Crippen LogP contribution < -0.4 is 0 Å². The van der Waals surface area contributed by atoms with Crippen LogP contribution in [0.25, 0.3) is 0 Å². The second-order valence-electron chi connectivity index (χ2n) is 5.93. The molecule has 17 heavy (non-hydrogen) atoms. The van der Waals surface area contributed by atoms with E-state index in [0.717, 1.165) is 12.5 Å². The summed E-state index contributed by atoms with van der Waals surface area (Å²) in [6.07, 6.45) is 6.55. The lowest BCUT2D eigenvalue weighted by Gasteiger charge is -2.47. The van der Waals surface area contributed by atoms with Gasteiger partial charge in [0.2, 0.25) is 0 Å². The molecule has 0 aromatic rings. The number of amides is 1. The van der Waals surface area contributed by atoms with Gasteiger partial charge in [0.15, 0.2) is 0 Å². The van der Waals surface area contributed by atoms with E-state index in [4.69, 9.17) is 0 Å². The fourth-order valence-electron chi connectivity index (χ4n) is 3.54. The van der Waals surface area contributed by atoms with Crippen molar-refractivity contribution in [1.82, 2.24) is 4.90 Å². The molecule has 1 amide bonds. The molecule has 2 aliphatic rings. The second kappa shape index (κ2) is 5.64. The smallest absolute Gasteiger partial charge is 0.282 e. The molecule has 3 heteroatoms. The van der Waals surface area contributed by atoms with Crippen LogP contribution in [0, 0.1) is 11.8 Å². The Balaban J connectivity index is 2.06. The summed E-state index contributed by atoms with van der Waals surface area (Å²) < 4.78 is 0. The van der Waals surface area contributed by atoms with Crippen molar-refractivity contribution in [3.05, 3.63) is 0 Å². The van der Waals surface area contributed by atoms with Crippen LogP contribution in [0.2, 0.25) is 0 Å². The first kappa shape index (κ1) is 13.3. The minimum Gasteiger partial charge on any atom is -0.330 e. The molecular weight excluding hydrogens is 230 g/mol. The zero-order chi connectivity index (χ0) is 12.4. The van der Waals surface area contributed by atoms with E-state index < -0.39 is 0 Å². The van der Waals surface area contributed by atoms with Crippen molar-refractivity contribution in [2.45, 2.75) is 64.2 Å². The first-order valence-electron chi connectivity index (χ1n) is 7.07. The van der Waals surface area contributed by atoms with E-state index in [0.29, 0.717) is 22.4 Å². The molecule has 2 nitrogen and oxygen atoms in total. The van der Waals surface area contributed by atoms with Gasteiger partial charge in [-0.2, -0.15) is 0 Å². The third-order valence-electron chi connectivity index (χ3n) is 4.21. The molecule has 0 aromatic heterocycles. The highest BCUT2D eigenvalue weighted by Crippen LogP contribution is 2.39. The summed E-state index contributed by atoms with van der Waals surface area (Å²) in [6.45, 7) is 7.54. The topological polar surface area (TPSA) is 20.3 Å². The quantitative estimate of drug-likeness (QED) is 0.701. The third kappa shape index (κ3) is 2.98. The normalized spacial score (nSPS) is 33.6. The van der Waals surface area contributed by atoms with E-state index in [1.807, 2.05) is 0 Å². The van der Waals surface area contributed by atoms with Crippen LogP contribution in [-0.2, 0) is 0 Å². The molecule has 0 bridgehead atoms. The molecule has 1 saturated heterocycles. The van der Waals surface area contributed by atoms with Gasteiger partial charge in [0.25, 0.3) is 5.24 Å². The van der Waals surface area contributed by atoms with Gasteiger partial charge in [0.1, 0.15) is 0 Å². The summed E-state index contributed by atoms with van der Waals surface area (Å²) in [5.74, 6) is 1.48. The lowest BCUT2D eigenvalue weighted by atomic mass is 9.73. The average molecular weight is 255 g/mol. The minimum absolute atomic E-state index is 0.323. The molecule has 0 aromatic carbocycles. The maximum Gasteiger partial charge on any atom is 0.282 e. The summed E-state index contributed by atoms with van der Waals surface area (Å²) in [7, 11) is 0. The molecule has 1 saturated carbocycles. The molecule has 2 rings (SSSR count). The Kier molecular flexibility index (Phi) is 4.40. The average Bonchev–Trinajstić information content (AvgIpc) is 2.28. The summed E-state index contributed by atoms with van der Waals surface area (Å²) in [5.41, 5.74) is 0. The Hall–Kier alpha value is -0.180. The van der Waals surface area contributed by atoms with E-state index >= 15 is 0 Å². The molecule has 3 atom stereocenters. The molecule has 3 unspecified atom stereocenters. The van der Waals surface area contributed by atoms with Crippen LogP contribution in [0.15, 0.2) is 0 Å². The molecule has 1 aliphatic heterocycles. The predicted molar refractivity (Wildman–Crippen MR) is 74.4 cm³/mol. The number of rotatable bonds is 1. The van der Waals surface area contributed by atoms with Gasteiger partial charge in [0.05, 0.1) is 0 Å². The third-order valence-corrected chi connectivity index (χ3v) is 5.11. The molecule has 1 heterocycles. The van der Waals surface area contributed by atoms with Crippen LogP contribution in [0.4, 0.5) is 4.79 Å². The second-order valence-corrected chi connectivity index (χ2v) is 7.45. The van der Waals surface area contributed by atoms with Gasteiger partial charge in [-0.05, 0) is 37.5 Å². The highest BCUT2D eigenvalue weighted by molar-refractivity contribution is 8.14. The fourth-order valence-corrected chi connectivity index (χ4v) is 4.29. The summed E-state index contributed by atoms with van der Waals surface area (Å²) in [5, 5.41) is 0.727. The number of hydrogen-bond donors (Lipinski definition) is 0. The summed E-state index contributed by atoms with van der Waals surface area (Å²) >= 11 is 1.51. The van der Waals surface area contributed by atoms with Gasteiger partial charge in [-0.1, -0.05) is 39.0 Å². The molecule has 0 spiro atoms. The van der Waals surface area contributed by atoms with Crippen molar-refractivity contribution in [2.24, 2.45) is 11.8 Å². The van der Waals surface area contributed by atoms with Crippen LogP contribution in [0.5, 0.6) is 0 Å². The largest absolute Gasteiger partial charge is 0.330 e. The number of carbonyl (C=O) groups is 1. The number of thioether (sulfide) groups is 1. The van der Waals surface area contributed by atoms with Crippen molar-refractivity contribution in [3.63, 3.8) is 0 Å². The van der Waals surface area contributed by atoms with Gasteiger partial charge in [-0.25, -0.2) is 0 Å². The highest BCUT2D eigenvalue weighted by atomic mass is 32.2. The van der Waals surface area contributed by atoms with E-state index in [2.05, 4.69) is 25.7 Å². The van der Waals surface area contributed by atoms with E-state index in [9.17, 15) is 4.79 Å². The fraction of sp³-hybridized carbons (Fsp3) is 0.929. The zero-order valence-electron chi connectivity index (χ0n) is 11.3. The first-order valence-corrected chi connectivity index (χ1v) is 7.95.